The highest BCUT2D eigenvalue weighted by molar-refractivity contribution is 5.92. The number of carbonyl (C=O) groups is 1. The van der Waals surface area contributed by atoms with Crippen molar-refractivity contribution >= 4 is 11.8 Å². The highest BCUT2D eigenvalue weighted by Crippen LogP contribution is 2.31. The average molecular weight is 248 g/mol. The van der Waals surface area contributed by atoms with Gasteiger partial charge in [-0.1, -0.05) is 32.0 Å². The van der Waals surface area contributed by atoms with E-state index in [-0.39, 0.29) is 12.1 Å². The topological polar surface area (TPSA) is 55.6 Å². The van der Waals surface area contributed by atoms with E-state index in [1.807, 2.05) is 6.07 Å². The fraction of sp³-hybridized carbons (Fsp3) is 0.500. The molecule has 1 fully saturated rings. The zero-order valence-corrected chi connectivity index (χ0v) is 11.0. The van der Waals surface area contributed by atoms with Crippen LogP contribution >= 0.6 is 0 Å². The number of rotatable bonds is 4. The van der Waals surface area contributed by atoms with Crippen LogP contribution in [0.25, 0.3) is 0 Å². The number of aryl methyl sites for hydroxylation is 2. The second-order valence-electron chi connectivity index (χ2n) is 4.47. The third-order valence-corrected chi connectivity index (χ3v) is 3.44. The van der Waals surface area contributed by atoms with Gasteiger partial charge in [0.15, 0.2) is 0 Å². The van der Waals surface area contributed by atoms with Gasteiger partial charge in [-0.05, 0) is 24.0 Å². The Morgan fingerprint density at radius 1 is 1.33 bits per heavy atom. The van der Waals surface area contributed by atoms with E-state index in [2.05, 4.69) is 26.0 Å². The molecule has 0 aromatic heterocycles. The van der Waals surface area contributed by atoms with Crippen molar-refractivity contribution in [1.29, 1.82) is 0 Å². The number of benzene rings is 1. The Hall–Kier alpha value is -1.55. The van der Waals surface area contributed by atoms with Crippen molar-refractivity contribution in [2.45, 2.75) is 32.7 Å². The minimum absolute atomic E-state index is 0.0458. The number of hydrogen-bond donors (Lipinski definition) is 1. The van der Waals surface area contributed by atoms with Crippen LogP contribution in [-0.4, -0.2) is 25.3 Å². The number of hydrogen-bond acceptors (Lipinski definition) is 3. The van der Waals surface area contributed by atoms with E-state index in [9.17, 15) is 4.79 Å². The normalized spacial score (nSPS) is 19.2. The molecule has 1 aromatic rings. The van der Waals surface area contributed by atoms with Crippen molar-refractivity contribution in [3.05, 3.63) is 29.3 Å². The molecule has 0 saturated carbocycles. The lowest BCUT2D eigenvalue weighted by Gasteiger charge is -2.25. The quantitative estimate of drug-likeness (QED) is 0.887. The summed E-state index contributed by atoms with van der Waals surface area (Å²) in [6.45, 7) is 5.00. The van der Waals surface area contributed by atoms with Gasteiger partial charge in [0.2, 0.25) is 0 Å². The molecule has 2 N–H and O–H groups in total. The van der Waals surface area contributed by atoms with Gasteiger partial charge in [0.25, 0.3) is 0 Å². The van der Waals surface area contributed by atoms with Crippen molar-refractivity contribution in [1.82, 2.24) is 0 Å². The molecule has 98 valence electrons. The molecule has 1 aliphatic rings. The number of amides is 1. The molecule has 1 unspecified atom stereocenters. The number of nitrogens with two attached hydrogens (primary N) is 1. The van der Waals surface area contributed by atoms with Crippen LogP contribution in [0.5, 0.6) is 0 Å². The van der Waals surface area contributed by atoms with Crippen LogP contribution in [0.4, 0.5) is 10.5 Å². The van der Waals surface area contributed by atoms with Crippen LogP contribution in [0.2, 0.25) is 0 Å². The van der Waals surface area contributed by atoms with E-state index >= 15 is 0 Å². The molecule has 1 heterocycles. The fourth-order valence-electron chi connectivity index (χ4n) is 2.43. The molecule has 0 spiro atoms. The molecule has 4 nitrogen and oxygen atoms in total. The number of cyclic esters (lactones) is 1. The lowest BCUT2D eigenvalue weighted by atomic mass is 10.0. The molecule has 1 aliphatic heterocycles. The first kappa shape index (κ1) is 12.9. The van der Waals surface area contributed by atoms with Gasteiger partial charge in [0.1, 0.15) is 6.61 Å². The SMILES string of the molecule is CCc1cccc(CC)c1N1C(=O)OCC1CN. The summed E-state index contributed by atoms with van der Waals surface area (Å²) in [5.41, 5.74) is 9.08. The maximum absolute atomic E-state index is 11.9. The van der Waals surface area contributed by atoms with Crippen LogP contribution in [0, 0.1) is 0 Å². The van der Waals surface area contributed by atoms with E-state index < -0.39 is 0 Å². The zero-order valence-electron chi connectivity index (χ0n) is 11.0. The van der Waals surface area contributed by atoms with Crippen LogP contribution in [0.3, 0.4) is 0 Å². The standard InChI is InChI=1S/C14H20N2O2/c1-3-10-6-5-7-11(4-2)13(10)16-12(8-15)9-18-14(16)17/h5-7,12H,3-4,8-9,15H2,1-2H3. The zero-order chi connectivity index (χ0) is 13.1. The van der Waals surface area contributed by atoms with Crippen LogP contribution in [0.15, 0.2) is 18.2 Å². The largest absolute Gasteiger partial charge is 0.447 e. The van der Waals surface area contributed by atoms with E-state index in [4.69, 9.17) is 10.5 Å². The lowest BCUT2D eigenvalue weighted by molar-refractivity contribution is 0.179. The summed E-state index contributed by atoms with van der Waals surface area (Å²) in [7, 11) is 0. The van der Waals surface area contributed by atoms with E-state index in [1.165, 1.54) is 11.1 Å². The molecule has 1 aromatic carbocycles. The van der Waals surface area contributed by atoms with Gasteiger partial charge in [-0.15, -0.1) is 0 Å². The van der Waals surface area contributed by atoms with Gasteiger partial charge in [-0.3, -0.25) is 4.90 Å². The molecular weight excluding hydrogens is 228 g/mol. The Morgan fingerprint density at radius 3 is 2.44 bits per heavy atom. The summed E-state index contributed by atoms with van der Waals surface area (Å²) in [5.74, 6) is 0. The van der Waals surface area contributed by atoms with Gasteiger partial charge in [-0.25, -0.2) is 4.79 Å². The molecule has 0 radical (unpaired) electrons. The first-order valence-electron chi connectivity index (χ1n) is 6.49. The van der Waals surface area contributed by atoms with E-state index in [0.29, 0.717) is 13.2 Å². The van der Waals surface area contributed by atoms with Crippen molar-refractivity contribution in [2.75, 3.05) is 18.1 Å². The van der Waals surface area contributed by atoms with Crippen molar-refractivity contribution < 1.29 is 9.53 Å². The fourth-order valence-corrected chi connectivity index (χ4v) is 2.43. The van der Waals surface area contributed by atoms with Crippen molar-refractivity contribution in [3.63, 3.8) is 0 Å². The second-order valence-corrected chi connectivity index (χ2v) is 4.47. The first-order valence-corrected chi connectivity index (χ1v) is 6.49. The Kier molecular flexibility index (Phi) is 3.87. The number of para-hydroxylation sites is 1. The molecule has 18 heavy (non-hydrogen) atoms. The summed E-state index contributed by atoms with van der Waals surface area (Å²) < 4.78 is 5.13. The highest BCUT2D eigenvalue weighted by atomic mass is 16.6. The van der Waals surface area contributed by atoms with Gasteiger partial charge in [0.05, 0.1) is 11.7 Å². The molecule has 1 amide bonds. The molecule has 0 aliphatic carbocycles. The summed E-state index contributed by atoms with van der Waals surface area (Å²) >= 11 is 0. The Morgan fingerprint density at radius 2 is 1.94 bits per heavy atom. The van der Waals surface area contributed by atoms with Crippen LogP contribution in [-0.2, 0) is 17.6 Å². The maximum atomic E-state index is 11.9. The smallest absolute Gasteiger partial charge is 0.414 e. The van der Waals surface area contributed by atoms with Crippen molar-refractivity contribution in [2.24, 2.45) is 5.73 Å². The number of anilines is 1. The molecule has 0 bridgehead atoms. The summed E-state index contributed by atoms with van der Waals surface area (Å²) in [6.07, 6.45) is 1.51. The summed E-state index contributed by atoms with van der Waals surface area (Å²) in [4.78, 5) is 13.7. The van der Waals surface area contributed by atoms with Gasteiger partial charge in [0, 0.05) is 6.54 Å². The third-order valence-electron chi connectivity index (χ3n) is 3.44. The monoisotopic (exact) mass is 248 g/mol. The van der Waals surface area contributed by atoms with E-state index in [1.54, 1.807) is 4.90 Å². The first-order chi connectivity index (χ1) is 8.72. The summed E-state index contributed by atoms with van der Waals surface area (Å²) in [6, 6.07) is 6.12. The predicted molar refractivity (Wildman–Crippen MR) is 71.9 cm³/mol. The molecule has 4 heteroatoms. The molecule has 1 atom stereocenters. The Bertz CT molecular complexity index is 423. The predicted octanol–water partition coefficient (Wildman–Crippen LogP) is 2.10. The number of ether oxygens (including phenoxy) is 1. The van der Waals surface area contributed by atoms with Crippen LogP contribution in [0.1, 0.15) is 25.0 Å². The maximum Gasteiger partial charge on any atom is 0.414 e. The number of nitrogens with zero attached hydrogens (tertiary/aromatic N) is 1. The van der Waals surface area contributed by atoms with Crippen LogP contribution < -0.4 is 10.6 Å². The van der Waals surface area contributed by atoms with Gasteiger partial charge in [-0.2, -0.15) is 0 Å². The highest BCUT2D eigenvalue weighted by Gasteiger charge is 2.35. The summed E-state index contributed by atoms with van der Waals surface area (Å²) in [5, 5.41) is 0. The Labute approximate surface area is 108 Å². The third kappa shape index (κ3) is 2.08. The minimum atomic E-state index is -0.277. The molecule has 1 saturated heterocycles. The molecular formula is C14H20N2O2. The number of carbonyl (C=O) groups excluding carboxylic acids is 1. The second kappa shape index (κ2) is 5.40. The minimum Gasteiger partial charge on any atom is -0.447 e. The molecule has 2 rings (SSSR count). The lowest BCUT2D eigenvalue weighted by Crippen LogP contribution is -2.40. The Balaban J connectivity index is 2.51. The van der Waals surface area contributed by atoms with Gasteiger partial charge < -0.3 is 10.5 Å². The average Bonchev–Trinajstić information content (AvgIpc) is 2.78. The van der Waals surface area contributed by atoms with Crippen molar-refractivity contribution in [3.8, 4) is 0 Å². The van der Waals surface area contributed by atoms with Gasteiger partial charge >= 0.3 is 6.09 Å². The van der Waals surface area contributed by atoms with E-state index in [0.717, 1.165) is 18.5 Å².